The predicted molar refractivity (Wildman–Crippen MR) is 57.9 cm³/mol. The van der Waals surface area contributed by atoms with Crippen molar-refractivity contribution in [1.82, 2.24) is 4.98 Å². The van der Waals surface area contributed by atoms with Crippen LogP contribution in [0.4, 0.5) is 4.39 Å². The zero-order valence-corrected chi connectivity index (χ0v) is 8.02. The number of rotatable bonds is 2. The summed E-state index contributed by atoms with van der Waals surface area (Å²) in [6.45, 7) is -0.577. The average molecular weight is 203 g/mol. The lowest BCUT2D eigenvalue weighted by atomic mass is 10.1. The van der Waals surface area contributed by atoms with Gasteiger partial charge in [-0.3, -0.25) is 4.98 Å². The van der Waals surface area contributed by atoms with Crippen LogP contribution in [0.3, 0.4) is 0 Å². The van der Waals surface area contributed by atoms with Crippen LogP contribution in [0.5, 0.6) is 0 Å². The van der Waals surface area contributed by atoms with Gasteiger partial charge in [0, 0.05) is 11.6 Å². The summed E-state index contributed by atoms with van der Waals surface area (Å²) in [6.07, 6.45) is 2.86. The van der Waals surface area contributed by atoms with Gasteiger partial charge < -0.3 is 5.11 Å². The largest absolute Gasteiger partial charge is 0.389 e. The third-order valence-corrected chi connectivity index (χ3v) is 2.09. The van der Waals surface area contributed by atoms with Gasteiger partial charge in [0.25, 0.3) is 0 Å². The molecule has 0 radical (unpaired) electrons. The molecule has 76 valence electrons. The molecule has 1 aromatic carbocycles. The zero-order chi connectivity index (χ0) is 10.7. The van der Waals surface area contributed by atoms with Gasteiger partial charge in [0.2, 0.25) is 0 Å². The fourth-order valence-corrected chi connectivity index (χ4v) is 1.39. The number of hydrogen-bond donors (Lipinski definition) is 1. The monoisotopic (exact) mass is 203 g/mol. The fourth-order valence-electron chi connectivity index (χ4n) is 1.39. The molecular weight excluding hydrogens is 193 g/mol. The first-order valence-corrected chi connectivity index (χ1v) is 4.61. The third kappa shape index (κ3) is 2.19. The van der Waals surface area contributed by atoms with Gasteiger partial charge in [-0.05, 0) is 23.8 Å². The van der Waals surface area contributed by atoms with Crippen molar-refractivity contribution in [3.63, 3.8) is 0 Å². The van der Waals surface area contributed by atoms with Crippen LogP contribution in [0.15, 0.2) is 42.4 Å². The predicted octanol–water partition coefficient (Wildman–Crippen LogP) is 2.54. The van der Waals surface area contributed by atoms with Gasteiger partial charge in [0.15, 0.2) is 0 Å². The van der Waals surface area contributed by atoms with Crippen molar-refractivity contribution in [2.45, 2.75) is 0 Å². The molecule has 1 heterocycles. The SMILES string of the molecule is OCC(F)=Cc1cnc2ccccc2c1. The number of nitrogens with zero attached hydrogens (tertiary/aromatic N) is 1. The summed E-state index contributed by atoms with van der Waals surface area (Å²) in [7, 11) is 0. The van der Waals surface area contributed by atoms with Crippen LogP contribution in [0.25, 0.3) is 17.0 Å². The normalized spacial score (nSPS) is 12.0. The Hall–Kier alpha value is -1.74. The highest BCUT2D eigenvalue weighted by Gasteiger charge is 1.97. The van der Waals surface area contributed by atoms with E-state index in [4.69, 9.17) is 5.11 Å². The summed E-state index contributed by atoms with van der Waals surface area (Å²) < 4.78 is 12.8. The van der Waals surface area contributed by atoms with E-state index in [1.807, 2.05) is 30.3 Å². The summed E-state index contributed by atoms with van der Waals surface area (Å²) in [5.41, 5.74) is 1.53. The lowest BCUT2D eigenvalue weighted by Gasteiger charge is -1.98. The van der Waals surface area contributed by atoms with Crippen LogP contribution in [-0.4, -0.2) is 16.7 Å². The Morgan fingerprint density at radius 1 is 1.40 bits per heavy atom. The molecule has 3 heteroatoms. The van der Waals surface area contributed by atoms with E-state index < -0.39 is 12.4 Å². The molecule has 1 N–H and O–H groups in total. The van der Waals surface area contributed by atoms with E-state index in [1.165, 1.54) is 6.08 Å². The smallest absolute Gasteiger partial charge is 0.126 e. The molecule has 0 aliphatic carbocycles. The summed E-state index contributed by atoms with van der Waals surface area (Å²) >= 11 is 0. The standard InChI is InChI=1S/C12H10FNO/c13-11(8-15)6-9-5-10-3-1-2-4-12(10)14-7-9/h1-7,15H,8H2. The number of pyridine rings is 1. The number of benzene rings is 1. The average Bonchev–Trinajstić information content (AvgIpc) is 2.29. The molecule has 0 unspecified atom stereocenters. The van der Waals surface area contributed by atoms with Crippen LogP contribution in [0.1, 0.15) is 5.56 Å². The van der Waals surface area contributed by atoms with Gasteiger partial charge in [-0.2, -0.15) is 0 Å². The number of para-hydroxylation sites is 1. The number of aromatic nitrogens is 1. The molecule has 0 atom stereocenters. The minimum Gasteiger partial charge on any atom is -0.389 e. The molecule has 0 amide bonds. The molecule has 0 aliphatic rings. The van der Waals surface area contributed by atoms with Crippen molar-refractivity contribution < 1.29 is 9.50 Å². The first-order valence-electron chi connectivity index (χ1n) is 4.61. The second kappa shape index (κ2) is 4.19. The maximum Gasteiger partial charge on any atom is 0.126 e. The second-order valence-corrected chi connectivity index (χ2v) is 3.21. The highest BCUT2D eigenvalue weighted by atomic mass is 19.1. The van der Waals surface area contributed by atoms with Crippen LogP contribution in [-0.2, 0) is 0 Å². The molecule has 0 bridgehead atoms. The van der Waals surface area contributed by atoms with E-state index in [2.05, 4.69) is 4.98 Å². The number of hydrogen-bond acceptors (Lipinski definition) is 2. The minimum absolute atomic E-state index is 0.563. The summed E-state index contributed by atoms with van der Waals surface area (Å²) in [4.78, 5) is 4.18. The topological polar surface area (TPSA) is 33.1 Å². The third-order valence-electron chi connectivity index (χ3n) is 2.09. The van der Waals surface area contributed by atoms with Crippen molar-refractivity contribution >= 4 is 17.0 Å². The van der Waals surface area contributed by atoms with Crippen molar-refractivity contribution in [1.29, 1.82) is 0 Å². The van der Waals surface area contributed by atoms with Crippen LogP contribution >= 0.6 is 0 Å². The Morgan fingerprint density at radius 2 is 2.20 bits per heavy atom. The molecule has 0 saturated heterocycles. The van der Waals surface area contributed by atoms with E-state index in [-0.39, 0.29) is 0 Å². The lowest BCUT2D eigenvalue weighted by molar-refractivity contribution is 0.300. The van der Waals surface area contributed by atoms with E-state index in [0.29, 0.717) is 5.56 Å². The Kier molecular flexibility index (Phi) is 2.74. The molecule has 0 fully saturated rings. The highest BCUT2D eigenvalue weighted by molar-refractivity contribution is 5.80. The first-order chi connectivity index (χ1) is 7.29. The van der Waals surface area contributed by atoms with Gasteiger partial charge in [0.05, 0.1) is 12.1 Å². The lowest BCUT2D eigenvalue weighted by Crippen LogP contribution is -1.84. The highest BCUT2D eigenvalue weighted by Crippen LogP contribution is 2.14. The van der Waals surface area contributed by atoms with Crippen LogP contribution < -0.4 is 0 Å². The molecule has 2 nitrogen and oxygen atoms in total. The number of fused-ring (bicyclic) bond motifs is 1. The van der Waals surface area contributed by atoms with Crippen molar-refractivity contribution in [3.05, 3.63) is 47.9 Å². The van der Waals surface area contributed by atoms with Crippen LogP contribution in [0.2, 0.25) is 0 Å². The summed E-state index contributed by atoms with van der Waals surface area (Å²) in [6, 6.07) is 9.44. The van der Waals surface area contributed by atoms with Gasteiger partial charge >= 0.3 is 0 Å². The molecule has 2 aromatic rings. The molecule has 15 heavy (non-hydrogen) atoms. The molecule has 0 spiro atoms. The summed E-state index contributed by atoms with van der Waals surface area (Å²) in [5, 5.41) is 9.50. The summed E-state index contributed by atoms with van der Waals surface area (Å²) in [5.74, 6) is -0.563. The first kappa shape index (κ1) is 9.80. The van der Waals surface area contributed by atoms with Crippen molar-refractivity contribution in [2.24, 2.45) is 0 Å². The number of halogens is 1. The maximum atomic E-state index is 12.8. The zero-order valence-electron chi connectivity index (χ0n) is 8.02. The number of aliphatic hydroxyl groups is 1. The quantitative estimate of drug-likeness (QED) is 0.813. The Labute approximate surface area is 86.7 Å². The molecular formula is C12H10FNO. The minimum atomic E-state index is -0.577. The Morgan fingerprint density at radius 3 is 3.00 bits per heavy atom. The second-order valence-electron chi connectivity index (χ2n) is 3.21. The van der Waals surface area contributed by atoms with Crippen molar-refractivity contribution in [3.8, 4) is 0 Å². The Bertz CT molecular complexity index is 508. The van der Waals surface area contributed by atoms with Crippen LogP contribution in [0, 0.1) is 0 Å². The molecule has 2 rings (SSSR count). The molecule has 1 aromatic heterocycles. The van der Waals surface area contributed by atoms with Gasteiger partial charge in [-0.1, -0.05) is 18.2 Å². The Balaban J connectivity index is 2.47. The van der Waals surface area contributed by atoms with E-state index in [1.54, 1.807) is 6.20 Å². The molecule has 0 aliphatic heterocycles. The fraction of sp³-hybridized carbons (Fsp3) is 0.0833. The number of aliphatic hydroxyl groups excluding tert-OH is 1. The van der Waals surface area contributed by atoms with Gasteiger partial charge in [-0.25, -0.2) is 4.39 Å². The maximum absolute atomic E-state index is 12.8. The van der Waals surface area contributed by atoms with E-state index in [9.17, 15) is 4.39 Å². The molecule has 0 saturated carbocycles. The van der Waals surface area contributed by atoms with Crippen molar-refractivity contribution in [2.75, 3.05) is 6.61 Å². The van der Waals surface area contributed by atoms with E-state index >= 15 is 0 Å². The van der Waals surface area contributed by atoms with Gasteiger partial charge in [-0.15, -0.1) is 0 Å². The van der Waals surface area contributed by atoms with E-state index in [0.717, 1.165) is 10.9 Å². The van der Waals surface area contributed by atoms with Gasteiger partial charge in [0.1, 0.15) is 5.83 Å².